The van der Waals surface area contributed by atoms with Gasteiger partial charge in [0.05, 0.1) is 13.2 Å². The van der Waals surface area contributed by atoms with Crippen molar-refractivity contribution >= 4 is 11.9 Å². The van der Waals surface area contributed by atoms with Gasteiger partial charge in [0.1, 0.15) is 5.75 Å². The monoisotopic (exact) mass is 419 g/mol. The first-order chi connectivity index (χ1) is 13.8. The Hall–Kier alpha value is -2.04. The second-order valence-electron chi connectivity index (χ2n) is 10.1. The summed E-state index contributed by atoms with van der Waals surface area (Å²) in [4.78, 5) is 12.1. The van der Waals surface area contributed by atoms with Gasteiger partial charge in [-0.3, -0.25) is 10.2 Å². The normalized spacial score (nSPS) is 12.0. The second-order valence-corrected chi connectivity index (χ2v) is 10.1. The Labute approximate surface area is 182 Å². The van der Waals surface area contributed by atoms with Gasteiger partial charge in [0.25, 0.3) is 0 Å². The summed E-state index contributed by atoms with van der Waals surface area (Å²) < 4.78 is 10.5. The fraction of sp³-hybridized carbons (Fsp3) is 0.680. The molecule has 0 heterocycles. The highest BCUT2D eigenvalue weighted by Crippen LogP contribution is 2.39. The van der Waals surface area contributed by atoms with E-state index >= 15 is 0 Å². The van der Waals surface area contributed by atoms with Gasteiger partial charge < -0.3 is 14.6 Å². The Balaban J connectivity index is 2.53. The molecule has 5 nitrogen and oxygen atoms in total. The third-order valence-corrected chi connectivity index (χ3v) is 5.02. The lowest BCUT2D eigenvalue weighted by atomic mass is 9.78. The molecule has 1 aromatic rings. The van der Waals surface area contributed by atoms with E-state index in [1.54, 1.807) is 6.92 Å². The first-order valence-corrected chi connectivity index (χ1v) is 11.0. The zero-order valence-corrected chi connectivity index (χ0v) is 20.0. The number of rotatable bonds is 10. The fourth-order valence-corrected chi connectivity index (χ4v) is 3.27. The molecule has 5 heteroatoms. The summed E-state index contributed by atoms with van der Waals surface area (Å²) in [6.45, 7) is 15.2. The van der Waals surface area contributed by atoms with Gasteiger partial charge in [-0.2, -0.15) is 0 Å². The van der Waals surface area contributed by atoms with Gasteiger partial charge in [0.15, 0.2) is 5.90 Å². The lowest BCUT2D eigenvalue weighted by Gasteiger charge is -2.28. The van der Waals surface area contributed by atoms with E-state index in [1.165, 1.54) is 0 Å². The number of carbonyl (C=O) groups is 1. The van der Waals surface area contributed by atoms with Crippen LogP contribution in [0.1, 0.15) is 97.3 Å². The molecule has 2 N–H and O–H groups in total. The van der Waals surface area contributed by atoms with Crippen LogP contribution >= 0.6 is 0 Å². The molecule has 0 saturated heterocycles. The number of phenols is 1. The van der Waals surface area contributed by atoms with Gasteiger partial charge in [-0.25, -0.2) is 0 Å². The smallest absolute Gasteiger partial charge is 0.306 e. The van der Waals surface area contributed by atoms with Gasteiger partial charge in [-0.15, -0.1) is 0 Å². The lowest BCUT2D eigenvalue weighted by Crippen LogP contribution is -2.18. The molecule has 0 aliphatic carbocycles. The number of nitrogens with one attached hydrogen (secondary N) is 1. The molecule has 0 radical (unpaired) electrons. The molecule has 0 saturated carbocycles. The maximum absolute atomic E-state index is 12.1. The molecule has 0 aliphatic heterocycles. The molecule has 0 aliphatic rings. The number of hydrogen-bond donors (Lipinski definition) is 2. The van der Waals surface area contributed by atoms with Crippen LogP contribution in [0.3, 0.4) is 0 Å². The highest BCUT2D eigenvalue weighted by molar-refractivity contribution is 5.70. The molecule has 30 heavy (non-hydrogen) atoms. The minimum absolute atomic E-state index is 0.178. The number of ether oxygens (including phenoxy) is 2. The average Bonchev–Trinajstić information content (AvgIpc) is 2.60. The average molecular weight is 420 g/mol. The minimum Gasteiger partial charge on any atom is -0.507 e. The number of carbonyl (C=O) groups excluding carboxylic acids is 1. The zero-order chi connectivity index (χ0) is 22.9. The van der Waals surface area contributed by atoms with E-state index < -0.39 is 0 Å². The molecule has 0 spiro atoms. The topological polar surface area (TPSA) is 79.6 Å². The molecule has 1 rings (SSSR count). The molecule has 0 unspecified atom stereocenters. The molecule has 0 aromatic heterocycles. The molecule has 170 valence electrons. The summed E-state index contributed by atoms with van der Waals surface area (Å²) in [5, 5.41) is 18.0. The van der Waals surface area contributed by atoms with Crippen LogP contribution in [0.25, 0.3) is 0 Å². The molecule has 0 fully saturated rings. The Morgan fingerprint density at radius 1 is 0.900 bits per heavy atom. The first-order valence-electron chi connectivity index (χ1n) is 11.0. The van der Waals surface area contributed by atoms with E-state index in [1.807, 2.05) is 12.1 Å². The largest absolute Gasteiger partial charge is 0.507 e. The summed E-state index contributed by atoms with van der Waals surface area (Å²) in [7, 11) is 0. The molecule has 1 aromatic carbocycles. The van der Waals surface area contributed by atoms with Crippen molar-refractivity contribution in [3.8, 4) is 5.75 Å². The number of hydrogen-bond acceptors (Lipinski definition) is 5. The standard InChI is InChI=1S/C25H41NO4/c1-18(26)29-14-10-8-9-11-15-30-22(27)13-12-19-16-20(24(2,3)4)23(28)21(17-19)25(5,6)7/h16-17,26,28H,8-15H2,1-7H3. The number of esters is 1. The van der Waals surface area contributed by atoms with E-state index in [0.717, 1.165) is 42.4 Å². The number of benzene rings is 1. The first kappa shape index (κ1) is 26.0. The van der Waals surface area contributed by atoms with Crippen LogP contribution < -0.4 is 0 Å². The molecular formula is C25H41NO4. The lowest BCUT2D eigenvalue weighted by molar-refractivity contribution is -0.143. The van der Waals surface area contributed by atoms with Crippen LogP contribution in [-0.2, 0) is 31.5 Å². The summed E-state index contributed by atoms with van der Waals surface area (Å²) in [6, 6.07) is 4.05. The number of aryl methyl sites for hydroxylation is 1. The summed E-state index contributed by atoms with van der Waals surface area (Å²) in [5.74, 6) is 0.435. The van der Waals surface area contributed by atoms with Gasteiger partial charge in [-0.05, 0) is 59.6 Å². The van der Waals surface area contributed by atoms with E-state index in [2.05, 4.69) is 41.5 Å². The van der Waals surface area contributed by atoms with Crippen molar-refractivity contribution in [3.05, 3.63) is 28.8 Å². The number of phenolic OH excluding ortho intramolecular Hbond substituents is 1. The van der Waals surface area contributed by atoms with Crippen molar-refractivity contribution in [1.29, 1.82) is 5.41 Å². The van der Waals surface area contributed by atoms with E-state index in [4.69, 9.17) is 14.9 Å². The quantitative estimate of drug-likeness (QED) is 0.210. The summed E-state index contributed by atoms with van der Waals surface area (Å²) in [5.41, 5.74) is 2.54. The van der Waals surface area contributed by atoms with Crippen LogP contribution in [0.5, 0.6) is 5.75 Å². The summed E-state index contributed by atoms with van der Waals surface area (Å²) >= 11 is 0. The van der Waals surface area contributed by atoms with Crippen molar-refractivity contribution in [2.75, 3.05) is 13.2 Å². The van der Waals surface area contributed by atoms with Crippen LogP contribution in [0.2, 0.25) is 0 Å². The molecular weight excluding hydrogens is 378 g/mol. The van der Waals surface area contributed by atoms with Gasteiger partial charge in [0, 0.05) is 13.3 Å². The van der Waals surface area contributed by atoms with Gasteiger partial charge in [-0.1, -0.05) is 53.7 Å². The van der Waals surface area contributed by atoms with E-state index in [0.29, 0.717) is 31.8 Å². The minimum atomic E-state index is -0.180. The highest BCUT2D eigenvalue weighted by atomic mass is 16.5. The van der Waals surface area contributed by atoms with Crippen molar-refractivity contribution in [3.63, 3.8) is 0 Å². The Morgan fingerprint density at radius 2 is 1.37 bits per heavy atom. The molecule has 0 atom stereocenters. The Kier molecular flexibility index (Phi) is 9.86. The third-order valence-electron chi connectivity index (χ3n) is 5.02. The van der Waals surface area contributed by atoms with Crippen LogP contribution in [0, 0.1) is 5.41 Å². The number of unbranched alkanes of at least 4 members (excludes halogenated alkanes) is 3. The predicted octanol–water partition coefficient (Wildman–Crippen LogP) is 6.04. The Bertz CT molecular complexity index is 676. The van der Waals surface area contributed by atoms with Crippen molar-refractivity contribution in [2.45, 2.75) is 97.8 Å². The van der Waals surface area contributed by atoms with Crippen molar-refractivity contribution < 1.29 is 19.4 Å². The van der Waals surface area contributed by atoms with E-state index in [-0.39, 0.29) is 22.7 Å². The van der Waals surface area contributed by atoms with Crippen LogP contribution in [0.4, 0.5) is 0 Å². The summed E-state index contributed by atoms with van der Waals surface area (Å²) in [6.07, 6.45) is 4.68. The second kappa shape index (κ2) is 11.4. The van der Waals surface area contributed by atoms with Crippen LogP contribution in [-0.4, -0.2) is 30.2 Å². The van der Waals surface area contributed by atoms with Crippen molar-refractivity contribution in [1.82, 2.24) is 0 Å². The maximum atomic E-state index is 12.1. The van der Waals surface area contributed by atoms with Gasteiger partial charge in [0.2, 0.25) is 0 Å². The third kappa shape index (κ3) is 9.19. The van der Waals surface area contributed by atoms with Crippen LogP contribution in [0.15, 0.2) is 12.1 Å². The highest BCUT2D eigenvalue weighted by Gasteiger charge is 2.26. The fourth-order valence-electron chi connectivity index (χ4n) is 3.27. The number of aromatic hydroxyl groups is 1. The SMILES string of the molecule is CC(=N)OCCCCCCOC(=O)CCc1cc(C(C)(C)C)c(O)c(C(C)(C)C)c1. The predicted molar refractivity (Wildman–Crippen MR) is 123 cm³/mol. The molecule has 0 bridgehead atoms. The molecule has 0 amide bonds. The van der Waals surface area contributed by atoms with Crippen molar-refractivity contribution in [2.24, 2.45) is 0 Å². The van der Waals surface area contributed by atoms with Gasteiger partial charge >= 0.3 is 5.97 Å². The maximum Gasteiger partial charge on any atom is 0.306 e. The Morgan fingerprint density at radius 3 is 1.80 bits per heavy atom. The van der Waals surface area contributed by atoms with E-state index in [9.17, 15) is 9.90 Å². The zero-order valence-electron chi connectivity index (χ0n) is 20.0.